The Bertz CT molecular complexity index is 814. The lowest BCUT2D eigenvalue weighted by Gasteiger charge is -2.21. The summed E-state index contributed by atoms with van der Waals surface area (Å²) in [6.45, 7) is 6.17. The van der Waals surface area contributed by atoms with Crippen LogP contribution in [0.25, 0.3) is 0 Å². The predicted octanol–water partition coefficient (Wildman–Crippen LogP) is 2.87. The second-order valence-electron chi connectivity index (χ2n) is 6.22. The number of rotatable bonds is 5. The third kappa shape index (κ3) is 4.91. The Morgan fingerprint density at radius 2 is 1.64 bits per heavy atom. The molecule has 0 unspecified atom stereocenters. The molecule has 0 aliphatic carbocycles. The highest BCUT2D eigenvalue weighted by atomic mass is 28.3. The van der Waals surface area contributed by atoms with Gasteiger partial charge in [-0.3, -0.25) is 0 Å². The van der Waals surface area contributed by atoms with Crippen LogP contribution in [0.5, 0.6) is 0 Å². The summed E-state index contributed by atoms with van der Waals surface area (Å²) < 4.78 is 4.82. The molecule has 2 aromatic carbocycles. The van der Waals surface area contributed by atoms with Gasteiger partial charge in [0, 0.05) is 17.9 Å². The van der Waals surface area contributed by atoms with Crippen LogP contribution in [0, 0.1) is 11.8 Å². The first kappa shape index (κ1) is 18.7. The van der Waals surface area contributed by atoms with E-state index in [0.29, 0.717) is 18.6 Å². The molecule has 4 heteroatoms. The second-order valence-corrected chi connectivity index (χ2v) is 10.6. The highest BCUT2D eigenvalue weighted by molar-refractivity contribution is 7.13. The van der Waals surface area contributed by atoms with E-state index < -0.39 is 14.0 Å². The lowest BCUT2D eigenvalue weighted by Crippen LogP contribution is -2.50. The van der Waals surface area contributed by atoms with Gasteiger partial charge in [0.05, 0.1) is 6.61 Å². The minimum absolute atomic E-state index is 0.240. The van der Waals surface area contributed by atoms with Gasteiger partial charge in [-0.2, -0.15) is 0 Å². The van der Waals surface area contributed by atoms with Crippen molar-refractivity contribution in [3.63, 3.8) is 0 Å². The Morgan fingerprint density at radius 1 is 1.00 bits per heavy atom. The fraction of sp³-hybridized carbons (Fsp3) is 0.238. The lowest BCUT2D eigenvalue weighted by molar-refractivity contribution is -0.136. The predicted molar refractivity (Wildman–Crippen MR) is 102 cm³/mol. The summed E-state index contributed by atoms with van der Waals surface area (Å²) in [7, 11) is -2.22. The molecule has 128 valence electrons. The van der Waals surface area contributed by atoms with Gasteiger partial charge in [0.1, 0.15) is 5.41 Å². The zero-order chi connectivity index (χ0) is 18.3. The van der Waals surface area contributed by atoms with E-state index in [-0.39, 0.29) is 5.41 Å². The van der Waals surface area contributed by atoms with Gasteiger partial charge < -0.3 is 9.53 Å². The van der Waals surface area contributed by atoms with E-state index in [2.05, 4.69) is 24.9 Å². The number of ether oxygens (including phenoxy) is 1. The summed E-state index contributed by atoms with van der Waals surface area (Å²) in [6, 6.07) is 17.4. The van der Waals surface area contributed by atoms with Crippen molar-refractivity contribution < 1.29 is 14.3 Å². The molecule has 2 aromatic rings. The topological polar surface area (TPSA) is 43.4 Å². The quantitative estimate of drug-likeness (QED) is 0.473. The molecule has 25 heavy (non-hydrogen) atoms. The maximum Gasteiger partial charge on any atom is 0.384 e. The smallest absolute Gasteiger partial charge is 0.384 e. The third-order valence-corrected chi connectivity index (χ3v) is 7.48. The van der Waals surface area contributed by atoms with E-state index >= 15 is 0 Å². The van der Waals surface area contributed by atoms with Crippen LogP contribution in [0.2, 0.25) is 13.1 Å². The Labute approximate surface area is 150 Å². The van der Waals surface area contributed by atoms with Crippen molar-refractivity contribution in [3.8, 4) is 11.8 Å². The molecule has 0 aromatic heterocycles. The zero-order valence-electron chi connectivity index (χ0n) is 14.8. The van der Waals surface area contributed by atoms with Crippen molar-refractivity contribution in [2.75, 3.05) is 6.61 Å². The van der Waals surface area contributed by atoms with E-state index in [9.17, 15) is 9.59 Å². The average molecular weight is 350 g/mol. The molecular formula is C21H22O3Si. The molecule has 0 heterocycles. The number of carbonyl (C=O) groups excluding carboxylic acids is 2. The minimum Gasteiger partial charge on any atom is -0.456 e. The molecule has 0 amide bonds. The van der Waals surface area contributed by atoms with Gasteiger partial charge in [0.15, 0.2) is 8.07 Å². The van der Waals surface area contributed by atoms with Gasteiger partial charge >= 0.3 is 5.97 Å². The summed E-state index contributed by atoms with van der Waals surface area (Å²) >= 11 is 0. The SMILES string of the molecule is CCOC(=O)C#Cc1ccccc1CC(=O)[Si](C)(C)c1ccccc1. The molecule has 0 spiro atoms. The maximum absolute atomic E-state index is 12.9. The van der Waals surface area contributed by atoms with Crippen LogP contribution in [0.3, 0.4) is 0 Å². The molecule has 0 atom stereocenters. The van der Waals surface area contributed by atoms with Gasteiger partial charge in [0.25, 0.3) is 0 Å². The van der Waals surface area contributed by atoms with Crippen LogP contribution in [0.15, 0.2) is 54.6 Å². The first-order valence-corrected chi connectivity index (χ1v) is 11.3. The first-order valence-electron chi connectivity index (χ1n) is 8.30. The van der Waals surface area contributed by atoms with Crippen LogP contribution in [0.4, 0.5) is 0 Å². The Kier molecular flexibility index (Phi) is 6.32. The molecule has 0 saturated heterocycles. The zero-order valence-corrected chi connectivity index (χ0v) is 15.8. The van der Waals surface area contributed by atoms with Gasteiger partial charge in [-0.1, -0.05) is 72.7 Å². The monoisotopic (exact) mass is 350 g/mol. The van der Waals surface area contributed by atoms with Crippen LogP contribution in [0.1, 0.15) is 18.1 Å². The number of benzene rings is 2. The summed E-state index contributed by atoms with van der Waals surface area (Å²) in [5.41, 5.74) is 1.54. The van der Waals surface area contributed by atoms with Gasteiger partial charge in [-0.15, -0.1) is 0 Å². The number of hydrogen-bond donors (Lipinski definition) is 0. The Hall–Kier alpha value is -2.64. The fourth-order valence-electron chi connectivity index (χ4n) is 2.49. The van der Waals surface area contributed by atoms with Gasteiger partial charge in [-0.05, 0) is 18.6 Å². The molecule has 0 fully saturated rings. The van der Waals surface area contributed by atoms with Crippen LogP contribution in [-0.4, -0.2) is 26.1 Å². The van der Waals surface area contributed by atoms with Crippen molar-refractivity contribution in [2.45, 2.75) is 26.4 Å². The Morgan fingerprint density at radius 3 is 2.32 bits per heavy atom. The minimum atomic E-state index is -2.22. The average Bonchev–Trinajstić information content (AvgIpc) is 2.62. The second kappa shape index (κ2) is 8.45. The molecular weight excluding hydrogens is 328 g/mol. The maximum atomic E-state index is 12.9. The number of carbonyl (C=O) groups is 2. The molecule has 0 saturated carbocycles. The van der Waals surface area contributed by atoms with E-state index in [0.717, 1.165) is 10.8 Å². The summed E-state index contributed by atoms with van der Waals surface area (Å²) in [4.78, 5) is 24.4. The highest BCUT2D eigenvalue weighted by Gasteiger charge is 2.32. The fourth-order valence-corrected chi connectivity index (χ4v) is 4.47. The van der Waals surface area contributed by atoms with Gasteiger partial charge in [0.2, 0.25) is 0 Å². The molecule has 0 bridgehead atoms. The van der Waals surface area contributed by atoms with Crippen LogP contribution in [-0.2, 0) is 20.7 Å². The van der Waals surface area contributed by atoms with Crippen LogP contribution >= 0.6 is 0 Å². The lowest BCUT2D eigenvalue weighted by atomic mass is 10.1. The normalized spacial score (nSPS) is 10.5. The first-order chi connectivity index (χ1) is 11.9. The highest BCUT2D eigenvalue weighted by Crippen LogP contribution is 2.14. The summed E-state index contributed by atoms with van der Waals surface area (Å²) in [5, 5.41) is 1.36. The number of hydrogen-bond acceptors (Lipinski definition) is 3. The van der Waals surface area contributed by atoms with E-state index in [1.54, 1.807) is 6.92 Å². The molecule has 0 radical (unpaired) electrons. The van der Waals surface area contributed by atoms with E-state index in [4.69, 9.17) is 4.74 Å². The molecule has 0 aliphatic rings. The van der Waals surface area contributed by atoms with Crippen molar-refractivity contribution in [2.24, 2.45) is 0 Å². The molecule has 2 rings (SSSR count). The van der Waals surface area contributed by atoms with E-state index in [1.165, 1.54) is 0 Å². The summed E-state index contributed by atoms with van der Waals surface area (Å²) in [6.07, 6.45) is 0.321. The number of esters is 1. The van der Waals surface area contributed by atoms with Crippen molar-refractivity contribution >= 4 is 24.6 Å². The van der Waals surface area contributed by atoms with Crippen LogP contribution < -0.4 is 5.19 Å². The standard InChI is InChI=1S/C21H22O3Si/c1-4-24-20(22)15-14-17-10-8-9-11-18(17)16-21(23)25(2,3)19-12-6-5-7-13-19/h5-13H,4,16H2,1-3H3. The largest absolute Gasteiger partial charge is 0.456 e. The third-order valence-electron chi connectivity index (χ3n) is 4.14. The van der Waals surface area contributed by atoms with Crippen molar-refractivity contribution in [1.29, 1.82) is 0 Å². The molecule has 3 nitrogen and oxygen atoms in total. The van der Waals surface area contributed by atoms with Crippen molar-refractivity contribution in [3.05, 3.63) is 65.7 Å². The summed E-state index contributed by atoms with van der Waals surface area (Å²) in [5.74, 6) is 4.75. The molecule has 0 N–H and O–H groups in total. The molecule has 0 aliphatic heterocycles. The van der Waals surface area contributed by atoms with Crippen molar-refractivity contribution in [1.82, 2.24) is 0 Å². The van der Waals surface area contributed by atoms with E-state index in [1.807, 2.05) is 54.6 Å². The Balaban J connectivity index is 2.23. The van der Waals surface area contributed by atoms with Gasteiger partial charge in [-0.25, -0.2) is 4.79 Å².